The monoisotopic (exact) mass is 270 g/mol. The minimum atomic E-state index is -0.366. The third-order valence-corrected chi connectivity index (χ3v) is 3.37. The quantitative estimate of drug-likeness (QED) is 0.487. The summed E-state index contributed by atoms with van der Waals surface area (Å²) < 4.78 is 0. The molecule has 6 nitrogen and oxygen atoms in total. The van der Waals surface area contributed by atoms with Crippen LogP contribution in [0.1, 0.15) is 18.4 Å². The van der Waals surface area contributed by atoms with Gasteiger partial charge in [0.15, 0.2) is 0 Å². The molecule has 0 amide bonds. The minimum Gasteiger partial charge on any atom is -0.399 e. The fraction of sp³-hybridized carbons (Fsp3) is 0.214. The molecule has 1 heterocycles. The number of nitrogen functional groups attached to an aromatic ring is 1. The van der Waals surface area contributed by atoms with Crippen LogP contribution in [0.4, 0.5) is 5.69 Å². The van der Waals surface area contributed by atoms with Crippen molar-refractivity contribution in [3.05, 3.63) is 63.5 Å². The number of nitro groups is 1. The lowest BCUT2D eigenvalue weighted by Crippen LogP contribution is -2.20. The lowest BCUT2D eigenvalue weighted by Gasteiger charge is -2.05. The first-order valence-corrected chi connectivity index (χ1v) is 6.40. The number of nitrogens with one attached hydrogen (secondary N) is 1. The highest BCUT2D eigenvalue weighted by Gasteiger charge is 2.27. The number of aliphatic imine (C=N–C) groups is 1. The van der Waals surface area contributed by atoms with Gasteiger partial charge < -0.3 is 11.1 Å². The molecule has 1 unspecified atom stereocenters. The van der Waals surface area contributed by atoms with E-state index in [9.17, 15) is 10.1 Å². The van der Waals surface area contributed by atoms with Crippen LogP contribution >= 0.6 is 0 Å². The number of allylic oxidation sites excluding steroid dienone is 2. The summed E-state index contributed by atoms with van der Waals surface area (Å²) in [6, 6.07) is 7.38. The van der Waals surface area contributed by atoms with E-state index in [1.165, 1.54) is 0 Å². The third kappa shape index (κ3) is 2.27. The van der Waals surface area contributed by atoms with Crippen LogP contribution in [-0.2, 0) is 0 Å². The van der Waals surface area contributed by atoms with E-state index in [1.807, 2.05) is 24.3 Å². The lowest BCUT2D eigenvalue weighted by molar-refractivity contribution is -0.419. The average molecular weight is 270 g/mol. The first kappa shape index (κ1) is 12.4. The Labute approximate surface area is 115 Å². The molecular formula is C14H14N4O2. The topological polar surface area (TPSA) is 93.5 Å². The van der Waals surface area contributed by atoms with Gasteiger partial charge in [0.2, 0.25) is 0 Å². The minimum absolute atomic E-state index is 0.0415. The molecule has 102 valence electrons. The van der Waals surface area contributed by atoms with Crippen LogP contribution in [0, 0.1) is 10.1 Å². The molecule has 0 spiro atoms. The smallest absolute Gasteiger partial charge is 0.267 e. The second-order valence-corrected chi connectivity index (χ2v) is 4.81. The van der Waals surface area contributed by atoms with Crippen molar-refractivity contribution < 1.29 is 4.92 Å². The Morgan fingerprint density at radius 1 is 1.45 bits per heavy atom. The van der Waals surface area contributed by atoms with Gasteiger partial charge in [-0.1, -0.05) is 12.1 Å². The van der Waals surface area contributed by atoms with Gasteiger partial charge in [0.25, 0.3) is 5.70 Å². The predicted molar refractivity (Wildman–Crippen MR) is 76.7 cm³/mol. The Bertz CT molecular complexity index is 661. The summed E-state index contributed by atoms with van der Waals surface area (Å²) in [5.41, 5.74) is 8.23. The molecule has 0 aromatic heterocycles. The second-order valence-electron chi connectivity index (χ2n) is 4.81. The molecule has 2 aliphatic rings. The molecule has 3 rings (SSSR count). The number of fused-ring (bicyclic) bond motifs is 1. The highest BCUT2D eigenvalue weighted by molar-refractivity contribution is 6.02. The Morgan fingerprint density at radius 3 is 3.05 bits per heavy atom. The second kappa shape index (κ2) is 4.80. The van der Waals surface area contributed by atoms with Gasteiger partial charge in [0, 0.05) is 23.0 Å². The van der Waals surface area contributed by atoms with Gasteiger partial charge in [0.05, 0.1) is 11.0 Å². The molecule has 0 saturated heterocycles. The highest BCUT2D eigenvalue weighted by Crippen LogP contribution is 2.24. The molecule has 0 bridgehead atoms. The summed E-state index contributed by atoms with van der Waals surface area (Å²) >= 11 is 0. The van der Waals surface area contributed by atoms with Crippen molar-refractivity contribution in [3.63, 3.8) is 0 Å². The van der Waals surface area contributed by atoms with E-state index in [0.29, 0.717) is 12.1 Å². The number of nitrogens with zero attached hydrogens (tertiary/aromatic N) is 2. The van der Waals surface area contributed by atoms with Gasteiger partial charge in [0.1, 0.15) is 5.84 Å². The summed E-state index contributed by atoms with van der Waals surface area (Å²) in [5, 5.41) is 14.1. The van der Waals surface area contributed by atoms with Crippen LogP contribution in [0.5, 0.6) is 0 Å². The van der Waals surface area contributed by atoms with Gasteiger partial charge in [-0.15, -0.1) is 0 Å². The number of anilines is 1. The maximum Gasteiger partial charge on any atom is 0.267 e. The highest BCUT2D eigenvalue weighted by atomic mass is 16.6. The summed E-state index contributed by atoms with van der Waals surface area (Å²) in [5.74, 6) is 0.721. The maximum atomic E-state index is 10.9. The molecule has 3 N–H and O–H groups in total. The van der Waals surface area contributed by atoms with Crippen molar-refractivity contribution in [1.82, 2.24) is 5.32 Å². The maximum absolute atomic E-state index is 10.9. The summed E-state index contributed by atoms with van der Waals surface area (Å²) in [6.07, 6.45) is 4.63. The zero-order valence-electron chi connectivity index (χ0n) is 10.7. The van der Waals surface area contributed by atoms with Gasteiger partial charge in [-0.2, -0.15) is 0 Å². The van der Waals surface area contributed by atoms with Gasteiger partial charge in [-0.3, -0.25) is 15.1 Å². The van der Waals surface area contributed by atoms with Crippen LogP contribution in [0.15, 0.2) is 52.8 Å². The SMILES string of the molecule is Nc1cccc(C2=NC3CCC=C([N+](=O)[O-])C=C3N2)c1. The van der Waals surface area contributed by atoms with Crippen LogP contribution in [-0.4, -0.2) is 16.8 Å². The van der Waals surface area contributed by atoms with E-state index in [1.54, 1.807) is 12.2 Å². The van der Waals surface area contributed by atoms with Crippen LogP contribution in [0.3, 0.4) is 0 Å². The van der Waals surface area contributed by atoms with Gasteiger partial charge in [-0.05, 0) is 31.1 Å². The molecule has 1 aromatic carbocycles. The number of hydrogen-bond acceptors (Lipinski definition) is 5. The van der Waals surface area contributed by atoms with Crippen LogP contribution in [0.2, 0.25) is 0 Å². The fourth-order valence-corrected chi connectivity index (χ4v) is 2.40. The van der Waals surface area contributed by atoms with E-state index in [-0.39, 0.29) is 16.7 Å². The molecule has 0 saturated carbocycles. The molecule has 1 aliphatic carbocycles. The van der Waals surface area contributed by atoms with Crippen molar-refractivity contribution in [2.45, 2.75) is 18.9 Å². The molecule has 6 heteroatoms. The summed E-state index contributed by atoms with van der Waals surface area (Å²) in [4.78, 5) is 15.1. The summed E-state index contributed by atoms with van der Waals surface area (Å²) in [7, 11) is 0. The molecule has 1 aliphatic heterocycles. The average Bonchev–Trinajstić information content (AvgIpc) is 2.70. The zero-order valence-corrected chi connectivity index (χ0v) is 10.7. The molecule has 20 heavy (non-hydrogen) atoms. The van der Waals surface area contributed by atoms with E-state index in [0.717, 1.165) is 23.5 Å². The van der Waals surface area contributed by atoms with E-state index >= 15 is 0 Å². The molecular weight excluding hydrogens is 256 g/mol. The van der Waals surface area contributed by atoms with Crippen molar-refractivity contribution in [1.29, 1.82) is 0 Å². The van der Waals surface area contributed by atoms with Crippen molar-refractivity contribution >= 4 is 11.5 Å². The van der Waals surface area contributed by atoms with E-state index in [2.05, 4.69) is 10.3 Å². The predicted octanol–water partition coefficient (Wildman–Crippen LogP) is 1.83. The van der Waals surface area contributed by atoms with Gasteiger partial charge in [-0.25, -0.2) is 0 Å². The number of benzene rings is 1. The molecule has 1 atom stereocenters. The third-order valence-electron chi connectivity index (χ3n) is 3.37. The Balaban J connectivity index is 1.90. The number of amidine groups is 1. The Hall–Kier alpha value is -2.63. The largest absolute Gasteiger partial charge is 0.399 e. The van der Waals surface area contributed by atoms with Crippen LogP contribution < -0.4 is 11.1 Å². The van der Waals surface area contributed by atoms with Crippen molar-refractivity contribution in [2.24, 2.45) is 4.99 Å². The van der Waals surface area contributed by atoms with Crippen LogP contribution in [0.25, 0.3) is 0 Å². The van der Waals surface area contributed by atoms with E-state index in [4.69, 9.17) is 5.73 Å². The number of hydrogen-bond donors (Lipinski definition) is 2. The molecule has 1 aromatic rings. The van der Waals surface area contributed by atoms with Crippen molar-refractivity contribution in [3.8, 4) is 0 Å². The molecule has 0 radical (unpaired) electrons. The van der Waals surface area contributed by atoms with Crippen molar-refractivity contribution in [2.75, 3.05) is 5.73 Å². The van der Waals surface area contributed by atoms with Gasteiger partial charge >= 0.3 is 0 Å². The Kier molecular flexibility index (Phi) is 2.98. The standard InChI is InChI=1S/C14H14N4O2/c15-10-4-1-3-9(7-10)14-16-12-6-2-5-11(18(19)20)8-13(12)17-14/h1,3-5,7-8,12H,2,6,15H2,(H,16,17). The lowest BCUT2D eigenvalue weighted by atomic mass is 10.1. The first-order valence-electron chi connectivity index (χ1n) is 6.40. The normalized spacial score (nSPS) is 21.0. The van der Waals surface area contributed by atoms with E-state index < -0.39 is 0 Å². The zero-order chi connectivity index (χ0) is 14.1. The fourth-order valence-electron chi connectivity index (χ4n) is 2.40. The Morgan fingerprint density at radius 2 is 2.30 bits per heavy atom. The number of rotatable bonds is 2. The molecule has 0 fully saturated rings. The number of nitrogens with two attached hydrogens (primary N) is 1. The summed E-state index contributed by atoms with van der Waals surface area (Å²) in [6.45, 7) is 0. The first-order chi connectivity index (χ1) is 9.63.